The third-order valence-electron chi connectivity index (χ3n) is 3.76. The van der Waals surface area contributed by atoms with Crippen molar-refractivity contribution in [1.82, 2.24) is 4.31 Å². The fourth-order valence-electron chi connectivity index (χ4n) is 2.59. The lowest BCUT2D eigenvalue weighted by Crippen LogP contribution is -2.27. The molecule has 1 fully saturated rings. The quantitative estimate of drug-likeness (QED) is 0.851. The van der Waals surface area contributed by atoms with E-state index in [1.807, 2.05) is 0 Å². The zero-order valence-electron chi connectivity index (χ0n) is 12.9. The number of hydrogen-bond donors (Lipinski definition) is 2. The Morgan fingerprint density at radius 1 is 1.21 bits per heavy atom. The molecule has 0 atom stereocenters. The van der Waals surface area contributed by atoms with Crippen LogP contribution in [0.25, 0.3) is 0 Å². The van der Waals surface area contributed by atoms with E-state index in [0.29, 0.717) is 23.7 Å². The van der Waals surface area contributed by atoms with Gasteiger partial charge in [-0.05, 0) is 37.1 Å². The van der Waals surface area contributed by atoms with Crippen LogP contribution < -0.4 is 5.32 Å². The number of hydrogen-bond acceptors (Lipinski definition) is 5. The Morgan fingerprint density at radius 3 is 2.67 bits per heavy atom. The van der Waals surface area contributed by atoms with Crippen LogP contribution in [0.2, 0.25) is 0 Å². The third kappa shape index (κ3) is 3.77. The van der Waals surface area contributed by atoms with Crippen molar-refractivity contribution in [2.24, 2.45) is 0 Å². The maximum atomic E-state index is 12.5. The highest BCUT2D eigenvalue weighted by Crippen LogP contribution is 2.27. The first-order valence-corrected chi connectivity index (χ1v) is 9.88. The summed E-state index contributed by atoms with van der Waals surface area (Å²) in [6.45, 7) is 1.13. The summed E-state index contributed by atoms with van der Waals surface area (Å²) in [5.41, 5.74) is 0.501. The molecule has 8 heteroatoms. The van der Waals surface area contributed by atoms with Gasteiger partial charge in [0, 0.05) is 29.7 Å². The number of aromatic hydroxyl groups is 1. The van der Waals surface area contributed by atoms with E-state index in [0.717, 1.165) is 24.2 Å². The van der Waals surface area contributed by atoms with Crippen molar-refractivity contribution in [2.75, 3.05) is 18.4 Å². The van der Waals surface area contributed by atoms with Gasteiger partial charge in [0.25, 0.3) is 10.0 Å². The van der Waals surface area contributed by atoms with Crippen LogP contribution in [0.5, 0.6) is 5.75 Å². The van der Waals surface area contributed by atoms with E-state index in [1.165, 1.54) is 16.4 Å². The molecule has 24 heavy (non-hydrogen) atoms. The molecule has 1 aliphatic heterocycles. The zero-order chi connectivity index (χ0) is 17.2. The van der Waals surface area contributed by atoms with E-state index in [9.17, 15) is 18.3 Å². The number of nitrogens with one attached hydrogen (secondary N) is 1. The van der Waals surface area contributed by atoms with E-state index in [4.69, 9.17) is 0 Å². The zero-order valence-corrected chi connectivity index (χ0v) is 14.6. The molecule has 2 heterocycles. The lowest BCUT2D eigenvalue weighted by Gasteiger charge is -2.13. The van der Waals surface area contributed by atoms with Crippen molar-refractivity contribution in [1.29, 1.82) is 0 Å². The van der Waals surface area contributed by atoms with Crippen molar-refractivity contribution in [3.8, 4) is 5.75 Å². The standard InChI is InChI=1S/C16H18N2O4S2/c19-13-5-3-4-12(10-13)17-15(20)11-14-6-7-16(23-14)24(21,22)18-8-1-2-9-18/h3-7,10,19H,1-2,8-9,11H2,(H,17,20). The normalized spacial score (nSPS) is 15.5. The third-order valence-corrected chi connectivity index (χ3v) is 7.21. The first-order chi connectivity index (χ1) is 11.4. The fraction of sp³-hybridized carbons (Fsp3) is 0.312. The summed E-state index contributed by atoms with van der Waals surface area (Å²) in [6.07, 6.45) is 1.88. The SMILES string of the molecule is O=C(Cc1ccc(S(=O)(=O)N2CCCC2)s1)Nc1cccc(O)c1. The summed E-state index contributed by atoms with van der Waals surface area (Å²) in [6, 6.07) is 9.52. The van der Waals surface area contributed by atoms with Gasteiger partial charge >= 0.3 is 0 Å². The average Bonchev–Trinajstić information content (AvgIpc) is 3.18. The number of carbonyl (C=O) groups excluding carboxylic acids is 1. The second-order valence-corrected chi connectivity index (χ2v) is 8.94. The Bertz CT molecular complexity index is 839. The van der Waals surface area contributed by atoms with Gasteiger partial charge in [0.1, 0.15) is 9.96 Å². The first-order valence-electron chi connectivity index (χ1n) is 7.63. The van der Waals surface area contributed by atoms with Crippen LogP contribution in [0.4, 0.5) is 5.69 Å². The molecule has 0 bridgehead atoms. The van der Waals surface area contributed by atoms with Crippen LogP contribution in [-0.2, 0) is 21.2 Å². The van der Waals surface area contributed by atoms with E-state index in [2.05, 4.69) is 5.32 Å². The van der Waals surface area contributed by atoms with Crippen molar-refractivity contribution < 1.29 is 18.3 Å². The molecule has 128 valence electrons. The molecule has 0 saturated carbocycles. The summed E-state index contributed by atoms with van der Waals surface area (Å²) in [5, 5.41) is 12.1. The Morgan fingerprint density at radius 2 is 1.96 bits per heavy atom. The number of amides is 1. The molecule has 0 spiro atoms. The summed E-state index contributed by atoms with van der Waals surface area (Å²) in [5.74, 6) is -0.185. The maximum absolute atomic E-state index is 12.5. The number of thiophene rings is 1. The molecule has 3 rings (SSSR count). The molecule has 0 unspecified atom stereocenters. The maximum Gasteiger partial charge on any atom is 0.252 e. The Balaban J connectivity index is 1.66. The number of phenols is 1. The van der Waals surface area contributed by atoms with Crippen molar-refractivity contribution in [3.05, 3.63) is 41.3 Å². The Hall–Kier alpha value is -1.90. The van der Waals surface area contributed by atoms with Gasteiger partial charge in [0.2, 0.25) is 5.91 Å². The van der Waals surface area contributed by atoms with Gasteiger partial charge in [-0.2, -0.15) is 4.31 Å². The van der Waals surface area contributed by atoms with Crippen molar-refractivity contribution in [2.45, 2.75) is 23.5 Å². The minimum absolute atomic E-state index is 0.0721. The number of anilines is 1. The Kier molecular flexibility index (Phi) is 4.88. The predicted octanol–water partition coefficient (Wildman–Crippen LogP) is 2.42. The molecule has 1 aromatic heterocycles. The van der Waals surface area contributed by atoms with Gasteiger partial charge in [0.05, 0.1) is 6.42 Å². The van der Waals surface area contributed by atoms with E-state index in [1.54, 1.807) is 24.3 Å². The second kappa shape index (κ2) is 6.92. The second-order valence-electron chi connectivity index (χ2n) is 5.61. The smallest absolute Gasteiger partial charge is 0.252 e. The number of rotatable bonds is 5. The molecule has 2 N–H and O–H groups in total. The Labute approximate surface area is 144 Å². The number of sulfonamides is 1. The van der Waals surface area contributed by atoms with Crippen molar-refractivity contribution >= 4 is 33.0 Å². The van der Waals surface area contributed by atoms with Crippen LogP contribution in [0.15, 0.2) is 40.6 Å². The molecular weight excluding hydrogens is 348 g/mol. The molecule has 2 aromatic rings. The summed E-state index contributed by atoms with van der Waals surface area (Å²) < 4.78 is 26.7. The summed E-state index contributed by atoms with van der Waals surface area (Å²) in [7, 11) is -3.43. The summed E-state index contributed by atoms with van der Waals surface area (Å²) in [4.78, 5) is 12.7. The highest BCUT2D eigenvalue weighted by atomic mass is 32.2. The van der Waals surface area contributed by atoms with Gasteiger partial charge in [-0.15, -0.1) is 11.3 Å². The van der Waals surface area contributed by atoms with Crippen molar-refractivity contribution in [3.63, 3.8) is 0 Å². The molecule has 6 nitrogen and oxygen atoms in total. The molecule has 1 saturated heterocycles. The summed E-state index contributed by atoms with van der Waals surface area (Å²) >= 11 is 1.13. The van der Waals surface area contributed by atoms with Gasteiger partial charge in [0.15, 0.2) is 0 Å². The monoisotopic (exact) mass is 366 g/mol. The van der Waals surface area contributed by atoms with Crippen LogP contribution in [-0.4, -0.2) is 36.8 Å². The molecule has 0 radical (unpaired) electrons. The minimum atomic E-state index is -3.43. The number of carbonyl (C=O) groups is 1. The van der Waals surface area contributed by atoms with Gasteiger partial charge < -0.3 is 10.4 Å². The molecule has 0 aliphatic carbocycles. The minimum Gasteiger partial charge on any atom is -0.508 e. The molecule has 1 aliphatic rings. The lowest BCUT2D eigenvalue weighted by molar-refractivity contribution is -0.115. The molecule has 1 aromatic carbocycles. The van der Waals surface area contributed by atoms with E-state index < -0.39 is 10.0 Å². The van der Waals surface area contributed by atoms with Crippen LogP contribution >= 0.6 is 11.3 Å². The highest BCUT2D eigenvalue weighted by Gasteiger charge is 2.28. The first kappa shape index (κ1) is 16.9. The van der Waals surface area contributed by atoms with Gasteiger partial charge in [-0.1, -0.05) is 6.07 Å². The van der Waals surface area contributed by atoms with Gasteiger partial charge in [-0.25, -0.2) is 8.42 Å². The van der Waals surface area contributed by atoms with Gasteiger partial charge in [-0.3, -0.25) is 4.79 Å². The molecule has 1 amide bonds. The molecular formula is C16H18N2O4S2. The van der Waals surface area contributed by atoms with Crippen LogP contribution in [0, 0.1) is 0 Å². The average molecular weight is 366 g/mol. The fourth-order valence-corrected chi connectivity index (χ4v) is 5.62. The predicted molar refractivity (Wildman–Crippen MR) is 92.8 cm³/mol. The largest absolute Gasteiger partial charge is 0.508 e. The van der Waals surface area contributed by atoms with Crippen LogP contribution in [0.3, 0.4) is 0 Å². The van der Waals surface area contributed by atoms with E-state index in [-0.39, 0.29) is 22.3 Å². The van der Waals surface area contributed by atoms with E-state index >= 15 is 0 Å². The number of phenolic OH excluding ortho intramolecular Hbond substituents is 1. The number of benzene rings is 1. The number of nitrogens with zero attached hydrogens (tertiary/aromatic N) is 1. The lowest BCUT2D eigenvalue weighted by atomic mass is 10.2. The van der Waals surface area contributed by atoms with Crippen LogP contribution in [0.1, 0.15) is 17.7 Å². The highest BCUT2D eigenvalue weighted by molar-refractivity contribution is 7.91. The topological polar surface area (TPSA) is 86.7 Å².